The number of nitrogens with two attached hydrogens (primary N) is 1. The van der Waals surface area contributed by atoms with E-state index in [1.165, 1.54) is 0 Å². The first-order chi connectivity index (χ1) is 7.89. The van der Waals surface area contributed by atoms with Gasteiger partial charge in [0.1, 0.15) is 11.8 Å². The van der Waals surface area contributed by atoms with Crippen molar-refractivity contribution in [3.05, 3.63) is 17.3 Å². The van der Waals surface area contributed by atoms with Crippen LogP contribution >= 0.6 is 0 Å². The largest absolute Gasteiger partial charge is 0.574 e. The molecule has 1 aromatic rings. The average molecular weight is 242 g/mol. The van der Waals surface area contributed by atoms with Crippen molar-refractivity contribution in [3.63, 3.8) is 0 Å². The second-order valence-electron chi connectivity index (χ2n) is 2.86. The number of hydrogen-bond acceptors (Lipinski definition) is 5. The maximum atomic E-state index is 12.0. The van der Waals surface area contributed by atoms with Gasteiger partial charge in [0.25, 0.3) is 0 Å². The number of nitrogen functional groups attached to an aromatic ring is 1. The zero-order chi connectivity index (χ0) is 13.1. The molecular weight excluding hydrogens is 237 g/mol. The summed E-state index contributed by atoms with van der Waals surface area (Å²) in [6.45, 7) is 0. The predicted octanol–water partition coefficient (Wildman–Crippen LogP) is 1.50. The Hall–Kier alpha value is -2.48. The molecule has 0 fully saturated rings. The molecule has 8 heteroatoms. The number of pyridine rings is 1. The van der Waals surface area contributed by atoms with Crippen LogP contribution in [0.15, 0.2) is 6.20 Å². The van der Waals surface area contributed by atoms with Crippen molar-refractivity contribution in [2.75, 3.05) is 5.73 Å². The van der Waals surface area contributed by atoms with E-state index < -0.39 is 17.9 Å². The van der Waals surface area contributed by atoms with Crippen LogP contribution in [0.25, 0.3) is 0 Å². The topological polar surface area (TPSA) is 95.7 Å². The molecule has 0 aliphatic rings. The molecule has 0 atom stereocenters. The van der Waals surface area contributed by atoms with E-state index >= 15 is 0 Å². The number of hydrogen-bond donors (Lipinski definition) is 1. The minimum atomic E-state index is -4.93. The lowest BCUT2D eigenvalue weighted by Gasteiger charge is -2.12. The Morgan fingerprint density at radius 1 is 1.41 bits per heavy atom. The van der Waals surface area contributed by atoms with E-state index in [4.69, 9.17) is 16.3 Å². The molecule has 0 saturated heterocycles. The van der Waals surface area contributed by atoms with Gasteiger partial charge in [-0.2, -0.15) is 10.5 Å². The van der Waals surface area contributed by atoms with E-state index in [2.05, 4.69) is 9.72 Å². The minimum Gasteiger partial charge on any atom is -0.394 e. The number of alkyl halides is 3. The van der Waals surface area contributed by atoms with E-state index in [0.29, 0.717) is 0 Å². The van der Waals surface area contributed by atoms with Crippen LogP contribution < -0.4 is 10.5 Å². The molecule has 2 N–H and O–H groups in total. The lowest BCUT2D eigenvalue weighted by atomic mass is 10.1. The van der Waals surface area contributed by atoms with Gasteiger partial charge in [0.05, 0.1) is 18.1 Å². The number of nitrogens with zero attached hydrogens (tertiary/aromatic N) is 3. The smallest absolute Gasteiger partial charge is 0.394 e. The summed E-state index contributed by atoms with van der Waals surface area (Å²) in [5.41, 5.74) is 4.83. The van der Waals surface area contributed by atoms with E-state index in [1.807, 2.05) is 0 Å². The minimum absolute atomic E-state index is 0.0238. The summed E-state index contributed by atoms with van der Waals surface area (Å²) in [5.74, 6) is -0.859. The fourth-order valence-corrected chi connectivity index (χ4v) is 1.10. The highest BCUT2D eigenvalue weighted by Crippen LogP contribution is 2.30. The summed E-state index contributed by atoms with van der Waals surface area (Å²) in [4.78, 5) is 3.28. The summed E-state index contributed by atoms with van der Waals surface area (Å²) >= 11 is 0. The van der Waals surface area contributed by atoms with E-state index in [9.17, 15) is 13.2 Å². The third-order valence-corrected chi connectivity index (χ3v) is 1.78. The van der Waals surface area contributed by atoms with Gasteiger partial charge in [-0.25, -0.2) is 4.98 Å². The molecule has 0 saturated carbocycles. The molecule has 5 nitrogen and oxygen atoms in total. The lowest BCUT2D eigenvalue weighted by Crippen LogP contribution is -2.19. The number of ether oxygens (including phenoxy) is 1. The van der Waals surface area contributed by atoms with Gasteiger partial charge in [0, 0.05) is 11.8 Å². The highest BCUT2D eigenvalue weighted by atomic mass is 19.4. The summed E-state index contributed by atoms with van der Waals surface area (Å²) in [6, 6.07) is 3.37. The Balaban J connectivity index is 3.25. The molecule has 0 amide bonds. The second kappa shape index (κ2) is 4.58. The molecule has 0 bridgehead atoms. The maximum absolute atomic E-state index is 12.0. The van der Waals surface area contributed by atoms with E-state index in [0.717, 1.165) is 6.20 Å². The Bertz CT molecular complexity index is 513. The first kappa shape index (κ1) is 12.6. The zero-order valence-corrected chi connectivity index (χ0v) is 8.25. The Morgan fingerprint density at radius 2 is 2.06 bits per heavy atom. The molecule has 1 rings (SSSR count). The van der Waals surface area contributed by atoms with Crippen LogP contribution in [0.2, 0.25) is 0 Å². The number of halogens is 3. The molecule has 17 heavy (non-hydrogen) atoms. The standard InChI is InChI=1S/C9H5F3N4O/c10-9(11,12)17-8-7(15)6(1-2-13)5(3-14)4-16-8/h4H,1,15H2. The molecule has 1 aromatic heterocycles. The highest BCUT2D eigenvalue weighted by molar-refractivity contribution is 5.61. The van der Waals surface area contributed by atoms with Crippen molar-refractivity contribution in [2.24, 2.45) is 0 Å². The van der Waals surface area contributed by atoms with Crippen molar-refractivity contribution in [3.8, 4) is 18.0 Å². The van der Waals surface area contributed by atoms with Crippen LogP contribution in [0.5, 0.6) is 5.88 Å². The summed E-state index contributed by atoms with van der Waals surface area (Å²) < 4.78 is 39.5. The fraction of sp³-hybridized carbons (Fsp3) is 0.222. The van der Waals surface area contributed by atoms with Gasteiger partial charge in [-0.15, -0.1) is 13.2 Å². The van der Waals surface area contributed by atoms with Gasteiger partial charge >= 0.3 is 6.36 Å². The average Bonchev–Trinajstić information content (AvgIpc) is 2.23. The summed E-state index contributed by atoms with van der Waals surface area (Å²) in [7, 11) is 0. The van der Waals surface area contributed by atoms with Gasteiger partial charge in [0.15, 0.2) is 0 Å². The third-order valence-electron chi connectivity index (χ3n) is 1.78. The SMILES string of the molecule is N#CCc1c(C#N)cnc(OC(F)(F)F)c1N. The van der Waals surface area contributed by atoms with Gasteiger partial charge < -0.3 is 10.5 Å². The van der Waals surface area contributed by atoms with E-state index in [1.54, 1.807) is 12.1 Å². The van der Waals surface area contributed by atoms with Gasteiger partial charge in [0.2, 0.25) is 5.88 Å². The molecule has 0 unspecified atom stereocenters. The predicted molar refractivity (Wildman–Crippen MR) is 49.4 cm³/mol. The molecule has 0 spiro atoms. The zero-order valence-electron chi connectivity index (χ0n) is 8.25. The Morgan fingerprint density at radius 3 is 2.53 bits per heavy atom. The molecule has 0 aromatic carbocycles. The van der Waals surface area contributed by atoms with Crippen molar-refractivity contribution in [1.29, 1.82) is 10.5 Å². The first-order valence-corrected chi connectivity index (χ1v) is 4.19. The van der Waals surface area contributed by atoms with Gasteiger partial charge in [-0.05, 0) is 0 Å². The van der Waals surface area contributed by atoms with Crippen LogP contribution in [-0.4, -0.2) is 11.3 Å². The molecule has 1 heterocycles. The molecule has 0 radical (unpaired) electrons. The molecule has 0 aliphatic heterocycles. The molecular formula is C9H5F3N4O. The lowest BCUT2D eigenvalue weighted by molar-refractivity contribution is -0.275. The van der Waals surface area contributed by atoms with Crippen molar-refractivity contribution in [2.45, 2.75) is 12.8 Å². The second-order valence-corrected chi connectivity index (χ2v) is 2.86. The normalized spacial score (nSPS) is 10.4. The van der Waals surface area contributed by atoms with Crippen LogP contribution in [0.4, 0.5) is 18.9 Å². The number of anilines is 1. The quantitative estimate of drug-likeness (QED) is 0.847. The monoisotopic (exact) mass is 242 g/mol. The van der Waals surface area contributed by atoms with Crippen LogP contribution in [0, 0.1) is 22.7 Å². The summed E-state index contributed by atoms with van der Waals surface area (Å²) in [5, 5.41) is 17.2. The van der Waals surface area contributed by atoms with E-state index in [-0.39, 0.29) is 17.5 Å². The molecule has 88 valence electrons. The number of nitriles is 2. The number of rotatable bonds is 2. The number of aromatic nitrogens is 1. The highest BCUT2D eigenvalue weighted by Gasteiger charge is 2.33. The first-order valence-electron chi connectivity index (χ1n) is 4.19. The maximum Gasteiger partial charge on any atom is 0.574 e. The van der Waals surface area contributed by atoms with Gasteiger partial charge in [-0.3, -0.25) is 0 Å². The molecule has 0 aliphatic carbocycles. The van der Waals surface area contributed by atoms with Crippen molar-refractivity contribution >= 4 is 5.69 Å². The Labute approximate surface area is 93.8 Å². The van der Waals surface area contributed by atoms with Crippen LogP contribution in [0.3, 0.4) is 0 Å². The van der Waals surface area contributed by atoms with Crippen LogP contribution in [0.1, 0.15) is 11.1 Å². The summed E-state index contributed by atoms with van der Waals surface area (Å²) in [6.07, 6.45) is -4.35. The fourth-order valence-electron chi connectivity index (χ4n) is 1.10. The third kappa shape index (κ3) is 2.98. The van der Waals surface area contributed by atoms with Crippen molar-refractivity contribution in [1.82, 2.24) is 4.98 Å². The van der Waals surface area contributed by atoms with Crippen LogP contribution in [-0.2, 0) is 6.42 Å². The Kier molecular flexibility index (Phi) is 3.39. The van der Waals surface area contributed by atoms with Crippen molar-refractivity contribution < 1.29 is 17.9 Å². The van der Waals surface area contributed by atoms with Gasteiger partial charge in [-0.1, -0.05) is 0 Å².